The first kappa shape index (κ1) is 20.5. The number of aryl methyl sites for hydroxylation is 2. The van der Waals surface area contributed by atoms with Gasteiger partial charge in [0.1, 0.15) is 11.5 Å². The van der Waals surface area contributed by atoms with Crippen molar-refractivity contribution >= 4 is 5.91 Å². The molecule has 1 saturated heterocycles. The molecule has 1 aromatic carbocycles. The Labute approximate surface area is 167 Å². The second-order valence-electron chi connectivity index (χ2n) is 8.01. The summed E-state index contributed by atoms with van der Waals surface area (Å²) >= 11 is 0. The lowest BCUT2D eigenvalue weighted by atomic mass is 10.0. The summed E-state index contributed by atoms with van der Waals surface area (Å²) in [6.45, 7) is 9.60. The summed E-state index contributed by atoms with van der Waals surface area (Å²) < 4.78 is 14.9. The molecule has 3 rings (SSSR count). The first-order valence-electron chi connectivity index (χ1n) is 10.2. The van der Waals surface area contributed by atoms with E-state index in [0.717, 1.165) is 43.7 Å². The number of carbonyl (C=O) groups excluding carboxylic acids is 1. The van der Waals surface area contributed by atoms with E-state index in [4.69, 9.17) is 0 Å². The molecule has 28 heavy (non-hydrogen) atoms. The van der Waals surface area contributed by atoms with E-state index in [1.54, 1.807) is 4.68 Å². The highest BCUT2D eigenvalue weighted by Crippen LogP contribution is 2.21. The number of nitrogens with zero attached hydrogens (tertiary/aromatic N) is 4. The lowest BCUT2D eigenvalue weighted by Crippen LogP contribution is -2.45. The molecule has 1 atom stereocenters. The van der Waals surface area contributed by atoms with E-state index >= 15 is 0 Å². The summed E-state index contributed by atoms with van der Waals surface area (Å²) in [6, 6.07) is 8.90. The van der Waals surface area contributed by atoms with Crippen LogP contribution in [0.2, 0.25) is 0 Å². The second kappa shape index (κ2) is 8.86. The number of carbonyl (C=O) groups is 1. The summed E-state index contributed by atoms with van der Waals surface area (Å²) in [7, 11) is 1.84. The minimum atomic E-state index is -0.209. The molecular weight excluding hydrogens is 355 g/mol. The van der Waals surface area contributed by atoms with Gasteiger partial charge in [0.15, 0.2) is 0 Å². The summed E-state index contributed by atoms with van der Waals surface area (Å²) in [6.07, 6.45) is 1.75. The summed E-state index contributed by atoms with van der Waals surface area (Å²) in [5, 5.41) is 4.43. The van der Waals surface area contributed by atoms with Crippen LogP contribution in [0.5, 0.6) is 0 Å². The van der Waals surface area contributed by atoms with Crippen LogP contribution in [0.1, 0.15) is 48.9 Å². The molecule has 0 saturated carbocycles. The molecule has 0 aliphatic carbocycles. The molecule has 0 spiro atoms. The van der Waals surface area contributed by atoms with E-state index < -0.39 is 0 Å². The van der Waals surface area contributed by atoms with Gasteiger partial charge in [0.2, 0.25) is 0 Å². The Kier molecular flexibility index (Phi) is 6.50. The van der Waals surface area contributed by atoms with Gasteiger partial charge in [-0.15, -0.1) is 0 Å². The molecule has 1 unspecified atom stereocenters. The van der Waals surface area contributed by atoms with Crippen LogP contribution < -0.4 is 0 Å². The van der Waals surface area contributed by atoms with Gasteiger partial charge in [0, 0.05) is 39.3 Å². The van der Waals surface area contributed by atoms with Crippen molar-refractivity contribution in [2.75, 3.05) is 19.6 Å². The molecule has 152 valence electrons. The van der Waals surface area contributed by atoms with Crippen molar-refractivity contribution in [1.82, 2.24) is 19.6 Å². The van der Waals surface area contributed by atoms with Gasteiger partial charge >= 0.3 is 0 Å². The van der Waals surface area contributed by atoms with Gasteiger partial charge in [-0.3, -0.25) is 14.4 Å². The zero-order valence-corrected chi connectivity index (χ0v) is 17.4. The van der Waals surface area contributed by atoms with E-state index in [0.29, 0.717) is 18.2 Å². The number of hydrogen-bond acceptors (Lipinski definition) is 3. The molecule has 0 N–H and O–H groups in total. The highest BCUT2D eigenvalue weighted by molar-refractivity contribution is 5.92. The zero-order chi connectivity index (χ0) is 20.3. The third-order valence-electron chi connectivity index (χ3n) is 5.62. The van der Waals surface area contributed by atoms with Crippen LogP contribution in [0.25, 0.3) is 0 Å². The van der Waals surface area contributed by atoms with Crippen molar-refractivity contribution in [2.24, 2.45) is 13.0 Å². The van der Waals surface area contributed by atoms with Crippen molar-refractivity contribution in [3.8, 4) is 0 Å². The Bertz CT molecular complexity index is 799. The fourth-order valence-electron chi connectivity index (χ4n) is 3.96. The number of aromatic nitrogens is 2. The largest absolute Gasteiger partial charge is 0.336 e. The molecule has 1 amide bonds. The Morgan fingerprint density at radius 2 is 1.96 bits per heavy atom. The lowest BCUT2D eigenvalue weighted by molar-refractivity contribution is 0.0691. The minimum absolute atomic E-state index is 0.0592. The number of halogens is 1. The van der Waals surface area contributed by atoms with Gasteiger partial charge in [0.25, 0.3) is 5.91 Å². The number of amides is 1. The first-order valence-corrected chi connectivity index (χ1v) is 10.2. The maximum absolute atomic E-state index is 13.2. The highest BCUT2D eigenvalue weighted by Gasteiger charge is 2.31. The molecule has 5 nitrogen and oxygen atoms in total. The van der Waals surface area contributed by atoms with Gasteiger partial charge < -0.3 is 4.90 Å². The van der Waals surface area contributed by atoms with Crippen LogP contribution in [-0.4, -0.2) is 51.2 Å². The van der Waals surface area contributed by atoms with E-state index in [2.05, 4.69) is 23.8 Å². The molecule has 6 heteroatoms. The SMILES string of the molecule is CCc1cc(C(=O)N2CCCN(Cc3ccc(F)cc3)C(C(C)C)C2)n(C)n1. The highest BCUT2D eigenvalue weighted by atomic mass is 19.1. The summed E-state index contributed by atoms with van der Waals surface area (Å²) in [4.78, 5) is 17.6. The molecule has 1 fully saturated rings. The van der Waals surface area contributed by atoms with Crippen molar-refractivity contribution in [3.63, 3.8) is 0 Å². The standard InChI is InChI=1S/C22H31FN4O/c1-5-19-13-20(25(4)24-19)22(28)27-12-6-11-26(21(15-27)16(2)3)14-17-7-9-18(23)10-8-17/h7-10,13,16,21H,5-6,11-12,14-15H2,1-4H3. The van der Waals surface area contributed by atoms with Crippen LogP contribution in [-0.2, 0) is 20.0 Å². The number of hydrogen-bond donors (Lipinski definition) is 0. The second-order valence-corrected chi connectivity index (χ2v) is 8.01. The van der Waals surface area contributed by atoms with Gasteiger partial charge in [-0.2, -0.15) is 5.10 Å². The fourth-order valence-corrected chi connectivity index (χ4v) is 3.96. The zero-order valence-electron chi connectivity index (χ0n) is 17.4. The fraction of sp³-hybridized carbons (Fsp3) is 0.545. The van der Waals surface area contributed by atoms with Gasteiger partial charge in [-0.05, 0) is 42.5 Å². The van der Waals surface area contributed by atoms with Crippen molar-refractivity contribution in [2.45, 2.75) is 46.2 Å². The van der Waals surface area contributed by atoms with Crippen LogP contribution >= 0.6 is 0 Å². The molecule has 2 aromatic rings. The van der Waals surface area contributed by atoms with E-state index in [-0.39, 0.29) is 17.8 Å². The average molecular weight is 387 g/mol. The van der Waals surface area contributed by atoms with E-state index in [9.17, 15) is 9.18 Å². The van der Waals surface area contributed by atoms with Crippen molar-refractivity contribution < 1.29 is 9.18 Å². The Balaban J connectivity index is 1.77. The molecule has 1 aliphatic heterocycles. The normalized spacial score (nSPS) is 18.5. The maximum atomic E-state index is 13.2. The molecule has 2 heterocycles. The smallest absolute Gasteiger partial charge is 0.272 e. The maximum Gasteiger partial charge on any atom is 0.272 e. The number of rotatable bonds is 5. The van der Waals surface area contributed by atoms with Crippen molar-refractivity contribution in [1.29, 1.82) is 0 Å². The van der Waals surface area contributed by atoms with E-state index in [1.807, 2.05) is 37.1 Å². The molecular formula is C22H31FN4O. The predicted molar refractivity (Wildman–Crippen MR) is 109 cm³/mol. The third-order valence-corrected chi connectivity index (χ3v) is 5.62. The van der Waals surface area contributed by atoms with Crippen LogP contribution in [0, 0.1) is 11.7 Å². The monoisotopic (exact) mass is 386 g/mol. The Hall–Kier alpha value is -2.21. The third kappa shape index (κ3) is 4.61. The molecule has 1 aliphatic rings. The Morgan fingerprint density at radius 3 is 2.57 bits per heavy atom. The topological polar surface area (TPSA) is 41.4 Å². The van der Waals surface area contributed by atoms with Crippen molar-refractivity contribution in [3.05, 3.63) is 53.1 Å². The quantitative estimate of drug-likeness (QED) is 0.790. The first-order chi connectivity index (χ1) is 13.4. The average Bonchev–Trinajstić information content (AvgIpc) is 2.92. The van der Waals surface area contributed by atoms with Gasteiger partial charge in [-0.25, -0.2) is 4.39 Å². The lowest BCUT2D eigenvalue weighted by Gasteiger charge is -2.34. The summed E-state index contributed by atoms with van der Waals surface area (Å²) in [5.74, 6) is 0.259. The number of benzene rings is 1. The predicted octanol–water partition coefficient (Wildman–Crippen LogP) is 3.49. The Morgan fingerprint density at radius 1 is 1.25 bits per heavy atom. The molecule has 0 radical (unpaired) electrons. The van der Waals surface area contributed by atoms with Gasteiger partial charge in [-0.1, -0.05) is 32.9 Å². The minimum Gasteiger partial charge on any atom is -0.336 e. The summed E-state index contributed by atoms with van der Waals surface area (Å²) in [5.41, 5.74) is 2.71. The van der Waals surface area contributed by atoms with Gasteiger partial charge in [0.05, 0.1) is 5.69 Å². The van der Waals surface area contributed by atoms with Crippen LogP contribution in [0.4, 0.5) is 4.39 Å². The molecule has 1 aromatic heterocycles. The van der Waals surface area contributed by atoms with Crippen LogP contribution in [0.3, 0.4) is 0 Å². The van der Waals surface area contributed by atoms with Crippen LogP contribution in [0.15, 0.2) is 30.3 Å². The van der Waals surface area contributed by atoms with E-state index in [1.165, 1.54) is 12.1 Å². The molecule has 0 bridgehead atoms.